The molecule has 0 fully saturated rings. The molecule has 2 unspecified atom stereocenters. The van der Waals surface area contributed by atoms with Crippen LogP contribution in [0.3, 0.4) is 0 Å². The first-order valence-electron chi connectivity index (χ1n) is 5.11. The average Bonchev–Trinajstić information content (AvgIpc) is 2.44. The van der Waals surface area contributed by atoms with Crippen molar-refractivity contribution in [3.05, 3.63) is 47.0 Å². The molecule has 2 rings (SSSR count). The Labute approximate surface area is 90.6 Å². The highest BCUT2D eigenvalue weighted by Gasteiger charge is 2.27. The molecular weight excluding hydrogens is 192 g/mol. The highest BCUT2D eigenvalue weighted by atomic mass is 35.5. The van der Waals surface area contributed by atoms with Crippen LogP contribution >= 0.6 is 11.6 Å². The van der Waals surface area contributed by atoms with Gasteiger partial charge in [-0.3, -0.25) is 0 Å². The molecule has 0 bridgehead atoms. The van der Waals surface area contributed by atoms with Gasteiger partial charge in [0, 0.05) is 5.02 Å². The van der Waals surface area contributed by atoms with Crippen LogP contribution in [0.2, 0.25) is 5.02 Å². The van der Waals surface area contributed by atoms with E-state index in [-0.39, 0.29) is 0 Å². The molecule has 0 nitrogen and oxygen atoms in total. The van der Waals surface area contributed by atoms with Crippen molar-refractivity contribution < 1.29 is 0 Å². The van der Waals surface area contributed by atoms with Gasteiger partial charge in [-0.15, -0.1) is 6.58 Å². The minimum Gasteiger partial charge on any atom is -0.103 e. The van der Waals surface area contributed by atoms with E-state index in [2.05, 4.69) is 25.6 Å². The highest BCUT2D eigenvalue weighted by Crippen LogP contribution is 2.40. The predicted octanol–water partition coefficient (Wildman–Crippen LogP) is 4.19. The zero-order valence-corrected chi connectivity index (χ0v) is 9.22. The molecule has 1 aliphatic carbocycles. The molecule has 0 amide bonds. The van der Waals surface area contributed by atoms with E-state index in [1.165, 1.54) is 11.1 Å². The quantitative estimate of drug-likeness (QED) is 0.637. The number of fused-ring (bicyclic) bond motifs is 1. The molecule has 1 aliphatic rings. The van der Waals surface area contributed by atoms with Crippen molar-refractivity contribution in [2.45, 2.75) is 25.7 Å². The number of allylic oxidation sites excluding steroid dienone is 1. The molecule has 0 N–H and O–H groups in total. The van der Waals surface area contributed by atoms with E-state index in [4.69, 9.17) is 11.6 Å². The van der Waals surface area contributed by atoms with Crippen molar-refractivity contribution >= 4 is 11.6 Å². The van der Waals surface area contributed by atoms with Gasteiger partial charge in [-0.25, -0.2) is 0 Å². The number of hydrogen-bond donors (Lipinski definition) is 0. The largest absolute Gasteiger partial charge is 0.103 e. The molecule has 0 radical (unpaired) electrons. The Morgan fingerprint density at radius 1 is 1.57 bits per heavy atom. The fourth-order valence-corrected chi connectivity index (χ4v) is 2.60. The van der Waals surface area contributed by atoms with Gasteiger partial charge in [0.1, 0.15) is 0 Å². The van der Waals surface area contributed by atoms with Crippen molar-refractivity contribution in [1.29, 1.82) is 0 Å². The first-order valence-corrected chi connectivity index (χ1v) is 5.49. The Balaban J connectivity index is 2.30. The predicted molar refractivity (Wildman–Crippen MR) is 61.9 cm³/mol. The van der Waals surface area contributed by atoms with Crippen molar-refractivity contribution in [3.63, 3.8) is 0 Å². The Hall–Kier alpha value is -0.750. The maximum Gasteiger partial charge on any atom is 0.0408 e. The summed E-state index contributed by atoms with van der Waals surface area (Å²) in [5.74, 6) is 1.38. The zero-order valence-electron chi connectivity index (χ0n) is 8.46. The van der Waals surface area contributed by atoms with Gasteiger partial charge in [0.2, 0.25) is 0 Å². The SMILES string of the molecule is C=CCC1Cc2cc(Cl)ccc2C1C. The summed E-state index contributed by atoms with van der Waals surface area (Å²) in [7, 11) is 0. The van der Waals surface area contributed by atoms with Crippen molar-refractivity contribution in [3.8, 4) is 0 Å². The molecule has 14 heavy (non-hydrogen) atoms. The molecule has 0 heterocycles. The van der Waals surface area contributed by atoms with Crippen LogP contribution in [0.15, 0.2) is 30.9 Å². The first kappa shape index (κ1) is 9.79. The second kappa shape index (κ2) is 3.78. The Bertz CT molecular complexity index is 354. The van der Waals surface area contributed by atoms with E-state index in [1.54, 1.807) is 0 Å². The number of hydrogen-bond acceptors (Lipinski definition) is 0. The topological polar surface area (TPSA) is 0 Å². The maximum absolute atomic E-state index is 5.98. The molecule has 0 aliphatic heterocycles. The fraction of sp³-hybridized carbons (Fsp3) is 0.385. The lowest BCUT2D eigenvalue weighted by molar-refractivity contribution is 0.489. The molecule has 0 spiro atoms. The third-order valence-corrected chi connectivity index (χ3v) is 3.49. The van der Waals surface area contributed by atoms with Gasteiger partial charge in [-0.2, -0.15) is 0 Å². The second-order valence-electron chi connectivity index (χ2n) is 4.12. The first-order chi connectivity index (χ1) is 6.72. The van der Waals surface area contributed by atoms with Crippen molar-refractivity contribution in [2.75, 3.05) is 0 Å². The van der Waals surface area contributed by atoms with Crippen LogP contribution in [-0.4, -0.2) is 0 Å². The van der Waals surface area contributed by atoms with E-state index in [0.717, 1.165) is 23.8 Å². The summed E-state index contributed by atoms with van der Waals surface area (Å²) in [6, 6.07) is 6.27. The van der Waals surface area contributed by atoms with Gasteiger partial charge in [-0.1, -0.05) is 30.7 Å². The molecule has 0 saturated carbocycles. The monoisotopic (exact) mass is 206 g/mol. The van der Waals surface area contributed by atoms with Gasteiger partial charge < -0.3 is 0 Å². The van der Waals surface area contributed by atoms with Gasteiger partial charge in [0.25, 0.3) is 0 Å². The van der Waals surface area contributed by atoms with Gasteiger partial charge in [0.15, 0.2) is 0 Å². The summed E-state index contributed by atoms with van der Waals surface area (Å²) in [4.78, 5) is 0. The van der Waals surface area contributed by atoms with Crippen LogP contribution in [0.25, 0.3) is 0 Å². The Morgan fingerprint density at radius 3 is 3.07 bits per heavy atom. The van der Waals surface area contributed by atoms with E-state index < -0.39 is 0 Å². The Kier molecular flexibility index (Phi) is 2.64. The van der Waals surface area contributed by atoms with Crippen LogP contribution < -0.4 is 0 Å². The molecule has 0 aromatic heterocycles. The van der Waals surface area contributed by atoms with Crippen LogP contribution in [0.4, 0.5) is 0 Å². The third-order valence-electron chi connectivity index (χ3n) is 3.25. The summed E-state index contributed by atoms with van der Waals surface area (Å²) >= 11 is 5.98. The molecule has 1 heteroatoms. The molecule has 1 aromatic carbocycles. The van der Waals surface area contributed by atoms with E-state index in [1.807, 2.05) is 12.1 Å². The molecular formula is C13H15Cl. The molecule has 74 valence electrons. The number of benzene rings is 1. The number of rotatable bonds is 2. The summed E-state index contributed by atoms with van der Waals surface area (Å²) in [6.07, 6.45) is 4.28. The van der Waals surface area contributed by atoms with Crippen LogP contribution in [0.5, 0.6) is 0 Å². The van der Waals surface area contributed by atoms with Crippen molar-refractivity contribution in [1.82, 2.24) is 0 Å². The fourth-order valence-electron chi connectivity index (χ4n) is 2.41. The molecule has 1 aromatic rings. The van der Waals surface area contributed by atoms with E-state index >= 15 is 0 Å². The molecule has 0 saturated heterocycles. The van der Waals surface area contributed by atoms with Gasteiger partial charge in [-0.05, 0) is 47.9 Å². The lowest BCUT2D eigenvalue weighted by atomic mass is 9.92. The lowest BCUT2D eigenvalue weighted by Gasteiger charge is -2.12. The van der Waals surface area contributed by atoms with E-state index in [0.29, 0.717) is 5.92 Å². The third kappa shape index (κ3) is 1.59. The summed E-state index contributed by atoms with van der Waals surface area (Å²) in [5.41, 5.74) is 2.90. The zero-order chi connectivity index (χ0) is 10.1. The van der Waals surface area contributed by atoms with E-state index in [9.17, 15) is 0 Å². The minimum atomic E-state index is 0.653. The summed E-state index contributed by atoms with van der Waals surface area (Å²) < 4.78 is 0. The van der Waals surface area contributed by atoms with Gasteiger partial charge in [0.05, 0.1) is 0 Å². The summed E-state index contributed by atoms with van der Waals surface area (Å²) in [5, 5.41) is 0.857. The summed E-state index contributed by atoms with van der Waals surface area (Å²) in [6.45, 7) is 6.11. The molecule has 2 atom stereocenters. The maximum atomic E-state index is 5.98. The van der Waals surface area contributed by atoms with Crippen molar-refractivity contribution in [2.24, 2.45) is 5.92 Å². The number of halogens is 1. The standard InChI is InChI=1S/C13H15Cl/c1-3-4-10-7-11-8-12(14)5-6-13(11)9(10)2/h3,5-6,8-10H,1,4,7H2,2H3. The van der Waals surface area contributed by atoms with Crippen LogP contribution in [0.1, 0.15) is 30.4 Å². The van der Waals surface area contributed by atoms with Crippen LogP contribution in [0, 0.1) is 5.92 Å². The normalized spacial score (nSPS) is 24.7. The smallest absolute Gasteiger partial charge is 0.0408 e. The Morgan fingerprint density at radius 2 is 2.36 bits per heavy atom. The minimum absolute atomic E-state index is 0.653. The highest BCUT2D eigenvalue weighted by molar-refractivity contribution is 6.30. The van der Waals surface area contributed by atoms with Gasteiger partial charge >= 0.3 is 0 Å². The van der Waals surface area contributed by atoms with Crippen LogP contribution in [-0.2, 0) is 6.42 Å². The lowest BCUT2D eigenvalue weighted by Crippen LogP contribution is -2.02. The second-order valence-corrected chi connectivity index (χ2v) is 4.56. The average molecular weight is 207 g/mol.